The monoisotopic (exact) mass is 482 g/mol. The minimum atomic E-state index is -4.09. The van der Waals surface area contributed by atoms with Crippen molar-refractivity contribution in [2.75, 3.05) is 33.9 Å². The lowest BCUT2D eigenvalue weighted by molar-refractivity contribution is 0.0598. The Labute approximate surface area is 193 Å². The average Bonchev–Trinajstić information content (AvgIpc) is 2.80. The van der Waals surface area contributed by atoms with Crippen LogP contribution in [0, 0.1) is 0 Å². The molecule has 0 amide bonds. The number of likely N-dealkylation sites (N-methyl/N-ethyl adjacent to an activating group) is 1. The first-order valence-corrected chi connectivity index (χ1v) is 11.8. The second-order valence-corrected chi connectivity index (χ2v) is 9.01. The van der Waals surface area contributed by atoms with Crippen molar-refractivity contribution in [2.45, 2.75) is 24.8 Å². The second-order valence-electron chi connectivity index (χ2n) is 6.84. The molecule has 174 valence electrons. The summed E-state index contributed by atoms with van der Waals surface area (Å²) in [7, 11) is -1.76. The van der Waals surface area contributed by atoms with Crippen LogP contribution in [-0.4, -0.2) is 59.1 Å². The first-order chi connectivity index (χ1) is 15.2. The maximum absolute atomic E-state index is 13.1. The third-order valence-corrected chi connectivity index (χ3v) is 6.79. The molecule has 0 spiro atoms. The third-order valence-electron chi connectivity index (χ3n) is 5.04. The fourth-order valence-corrected chi connectivity index (χ4v) is 4.71. The molecule has 1 unspecified atom stereocenters. The number of nitrogens with one attached hydrogen (secondary N) is 1. The molecule has 0 saturated carbocycles. The third kappa shape index (κ3) is 6.07. The van der Waals surface area contributed by atoms with Crippen LogP contribution < -0.4 is 4.72 Å². The molecular formula is C22H27ClN2O6S. The lowest BCUT2D eigenvalue weighted by Gasteiger charge is -2.30. The van der Waals surface area contributed by atoms with Crippen molar-refractivity contribution in [1.29, 1.82) is 0 Å². The maximum atomic E-state index is 13.1. The summed E-state index contributed by atoms with van der Waals surface area (Å²) in [5.41, 5.74) is 0.628. The highest BCUT2D eigenvalue weighted by Gasteiger charge is 2.25. The van der Waals surface area contributed by atoms with Crippen molar-refractivity contribution < 1.29 is 27.5 Å². The number of hydrogen-bond donors (Lipinski definition) is 1. The van der Waals surface area contributed by atoms with Crippen molar-refractivity contribution in [3.05, 3.63) is 64.2 Å². The van der Waals surface area contributed by atoms with Crippen LogP contribution in [0.1, 0.15) is 46.2 Å². The highest BCUT2D eigenvalue weighted by Crippen LogP contribution is 2.27. The summed E-state index contributed by atoms with van der Waals surface area (Å²) in [4.78, 5) is 25.8. The van der Waals surface area contributed by atoms with Gasteiger partial charge in [-0.2, -0.15) is 0 Å². The Hall–Kier alpha value is -2.46. The van der Waals surface area contributed by atoms with Crippen LogP contribution in [0.3, 0.4) is 0 Å². The molecule has 2 rings (SSSR count). The van der Waals surface area contributed by atoms with E-state index in [2.05, 4.69) is 19.1 Å². The molecule has 0 heterocycles. The Kier molecular flexibility index (Phi) is 9.21. The Morgan fingerprint density at radius 2 is 1.53 bits per heavy atom. The number of hydrogen-bond acceptors (Lipinski definition) is 7. The molecule has 0 aromatic heterocycles. The van der Waals surface area contributed by atoms with Gasteiger partial charge >= 0.3 is 11.9 Å². The molecular weight excluding hydrogens is 456 g/mol. The van der Waals surface area contributed by atoms with Crippen molar-refractivity contribution in [2.24, 2.45) is 0 Å². The van der Waals surface area contributed by atoms with E-state index in [1.54, 1.807) is 6.07 Å². The van der Waals surface area contributed by atoms with E-state index in [0.717, 1.165) is 31.9 Å². The summed E-state index contributed by atoms with van der Waals surface area (Å²) >= 11 is 6.38. The number of methoxy groups -OCH3 is 2. The molecule has 1 N–H and O–H groups in total. The normalized spacial score (nSPS) is 12.4. The largest absolute Gasteiger partial charge is 0.465 e. The first kappa shape index (κ1) is 25.8. The number of carbonyl (C=O) groups excluding carboxylic acids is 2. The predicted octanol–water partition coefficient (Wildman–Crippen LogP) is 3.27. The molecule has 0 bridgehead atoms. The molecule has 0 aliphatic rings. The molecule has 0 aliphatic carbocycles. The SMILES string of the molecule is CCN(CC)C(CNS(=O)(=O)c1cc(C(=O)OC)cc(C(=O)OC)c1)c1ccccc1Cl. The minimum Gasteiger partial charge on any atom is -0.465 e. The molecule has 8 nitrogen and oxygen atoms in total. The number of esters is 2. The molecule has 0 fully saturated rings. The van der Waals surface area contributed by atoms with Crippen LogP contribution >= 0.6 is 11.6 Å². The molecule has 0 saturated heterocycles. The van der Waals surface area contributed by atoms with Crippen molar-refractivity contribution in [3.63, 3.8) is 0 Å². The number of carbonyl (C=O) groups is 2. The van der Waals surface area contributed by atoms with Gasteiger partial charge < -0.3 is 9.47 Å². The minimum absolute atomic E-state index is 0.0315. The van der Waals surface area contributed by atoms with E-state index in [1.165, 1.54) is 6.07 Å². The van der Waals surface area contributed by atoms with Crippen LogP contribution in [-0.2, 0) is 19.5 Å². The lowest BCUT2D eigenvalue weighted by atomic mass is 10.1. The smallest absolute Gasteiger partial charge is 0.337 e. The summed E-state index contributed by atoms with van der Waals surface area (Å²) in [6, 6.07) is 10.5. The number of sulfonamides is 1. The first-order valence-electron chi connectivity index (χ1n) is 9.98. The van der Waals surface area contributed by atoms with Gasteiger partial charge in [0.15, 0.2) is 0 Å². The summed E-state index contributed by atoms with van der Waals surface area (Å²) in [6.45, 7) is 5.34. The number of rotatable bonds is 10. The summed E-state index contributed by atoms with van der Waals surface area (Å²) in [5.74, 6) is -1.55. The van der Waals surface area contributed by atoms with Gasteiger partial charge in [-0.05, 0) is 42.9 Å². The van der Waals surface area contributed by atoms with E-state index >= 15 is 0 Å². The Morgan fingerprint density at radius 3 is 2.00 bits per heavy atom. The standard InChI is InChI=1S/C22H27ClN2O6S/c1-5-25(6-2)20(18-9-7-8-10-19(18)23)14-24-32(28,29)17-12-15(21(26)30-3)11-16(13-17)22(27)31-4/h7-13,20,24H,5-6,14H2,1-4H3. The highest BCUT2D eigenvalue weighted by molar-refractivity contribution is 7.89. The number of halogens is 1. The zero-order valence-corrected chi connectivity index (χ0v) is 20.0. The molecule has 1 atom stereocenters. The van der Waals surface area contributed by atoms with Gasteiger partial charge in [0.2, 0.25) is 10.0 Å². The summed E-state index contributed by atoms with van der Waals surface area (Å²) in [5, 5.41) is 0.532. The van der Waals surface area contributed by atoms with Gasteiger partial charge in [-0.3, -0.25) is 4.90 Å². The molecule has 2 aromatic rings. The highest BCUT2D eigenvalue weighted by atomic mass is 35.5. The average molecular weight is 483 g/mol. The fourth-order valence-electron chi connectivity index (χ4n) is 3.34. The Balaban J connectivity index is 2.43. The van der Waals surface area contributed by atoms with Crippen molar-refractivity contribution >= 4 is 33.6 Å². The van der Waals surface area contributed by atoms with E-state index in [0.29, 0.717) is 18.1 Å². The van der Waals surface area contributed by atoms with Crippen LogP contribution in [0.5, 0.6) is 0 Å². The fraction of sp³-hybridized carbons (Fsp3) is 0.364. The number of benzene rings is 2. The van der Waals surface area contributed by atoms with Gasteiger partial charge in [-0.1, -0.05) is 43.6 Å². The second kappa shape index (κ2) is 11.4. The van der Waals surface area contributed by atoms with Crippen LogP contribution in [0.2, 0.25) is 5.02 Å². The number of nitrogens with zero attached hydrogens (tertiary/aromatic N) is 1. The predicted molar refractivity (Wildman–Crippen MR) is 121 cm³/mol. The number of ether oxygens (including phenoxy) is 2. The van der Waals surface area contributed by atoms with E-state index < -0.39 is 22.0 Å². The van der Waals surface area contributed by atoms with E-state index in [1.807, 2.05) is 32.0 Å². The Bertz CT molecular complexity index is 1040. The van der Waals surface area contributed by atoms with Gasteiger partial charge in [0.05, 0.1) is 30.2 Å². The Morgan fingerprint density at radius 1 is 1.00 bits per heavy atom. The molecule has 10 heteroatoms. The van der Waals surface area contributed by atoms with Gasteiger partial charge in [-0.25, -0.2) is 22.7 Å². The van der Waals surface area contributed by atoms with E-state index in [9.17, 15) is 18.0 Å². The quantitative estimate of drug-likeness (QED) is 0.518. The zero-order valence-electron chi connectivity index (χ0n) is 18.4. The summed E-state index contributed by atoms with van der Waals surface area (Å²) in [6.07, 6.45) is 0. The maximum Gasteiger partial charge on any atom is 0.337 e. The van der Waals surface area contributed by atoms with Gasteiger partial charge in [0.25, 0.3) is 0 Å². The molecule has 32 heavy (non-hydrogen) atoms. The van der Waals surface area contributed by atoms with E-state index in [-0.39, 0.29) is 28.6 Å². The van der Waals surface area contributed by atoms with Gasteiger partial charge in [0.1, 0.15) is 0 Å². The molecule has 0 aliphatic heterocycles. The molecule has 0 radical (unpaired) electrons. The summed E-state index contributed by atoms with van der Waals surface area (Å²) < 4.78 is 38.2. The topological polar surface area (TPSA) is 102 Å². The van der Waals surface area contributed by atoms with Gasteiger partial charge in [0, 0.05) is 17.6 Å². The van der Waals surface area contributed by atoms with Crippen LogP contribution in [0.25, 0.3) is 0 Å². The zero-order chi connectivity index (χ0) is 23.9. The van der Waals surface area contributed by atoms with Crippen molar-refractivity contribution in [1.82, 2.24) is 9.62 Å². The lowest BCUT2D eigenvalue weighted by Crippen LogP contribution is -2.38. The van der Waals surface area contributed by atoms with Gasteiger partial charge in [-0.15, -0.1) is 0 Å². The van der Waals surface area contributed by atoms with E-state index in [4.69, 9.17) is 11.6 Å². The van der Waals surface area contributed by atoms with Crippen LogP contribution in [0.4, 0.5) is 0 Å². The molecule has 2 aromatic carbocycles. The van der Waals surface area contributed by atoms with Crippen LogP contribution in [0.15, 0.2) is 47.4 Å². The van der Waals surface area contributed by atoms with Crippen molar-refractivity contribution in [3.8, 4) is 0 Å².